The Labute approximate surface area is 163 Å². The summed E-state index contributed by atoms with van der Waals surface area (Å²) in [7, 11) is 0. The summed E-state index contributed by atoms with van der Waals surface area (Å²) in [6, 6.07) is 14.5. The highest BCUT2D eigenvalue weighted by Crippen LogP contribution is 2.50. The van der Waals surface area contributed by atoms with Crippen LogP contribution in [0.15, 0.2) is 79.0 Å². The Hall–Kier alpha value is -2.41. The van der Waals surface area contributed by atoms with Gasteiger partial charge in [0.05, 0.1) is 5.69 Å². The van der Waals surface area contributed by atoms with Crippen molar-refractivity contribution in [1.82, 2.24) is 4.98 Å². The third-order valence-electron chi connectivity index (χ3n) is 6.45. The summed E-state index contributed by atoms with van der Waals surface area (Å²) < 4.78 is 0. The fourth-order valence-corrected chi connectivity index (χ4v) is 4.91. The van der Waals surface area contributed by atoms with Crippen LogP contribution in [-0.4, -0.2) is 4.98 Å². The maximum Gasteiger partial charge on any atom is 0.0708 e. The van der Waals surface area contributed by atoms with E-state index in [1.807, 2.05) is 30.5 Å². The van der Waals surface area contributed by atoms with E-state index in [2.05, 4.69) is 54.9 Å². The summed E-state index contributed by atoms with van der Waals surface area (Å²) in [5.74, 6) is 2.90. The van der Waals surface area contributed by atoms with Crippen molar-refractivity contribution >= 4 is 5.57 Å². The number of benzene rings is 1. The van der Waals surface area contributed by atoms with Crippen molar-refractivity contribution in [3.8, 4) is 11.3 Å². The molecule has 0 N–H and O–H groups in total. The molecular weight excluding hydrogens is 326 g/mol. The van der Waals surface area contributed by atoms with E-state index in [0.29, 0.717) is 0 Å². The number of hydrogen-bond acceptors (Lipinski definition) is 1. The molecule has 0 aliphatic heterocycles. The molecule has 0 spiro atoms. The van der Waals surface area contributed by atoms with Gasteiger partial charge in [-0.3, -0.25) is 4.98 Å². The van der Waals surface area contributed by atoms with Gasteiger partial charge >= 0.3 is 0 Å². The minimum absolute atomic E-state index is 0.901. The van der Waals surface area contributed by atoms with Gasteiger partial charge in [0.15, 0.2) is 0 Å². The van der Waals surface area contributed by atoms with Gasteiger partial charge in [-0.25, -0.2) is 0 Å². The van der Waals surface area contributed by atoms with Gasteiger partial charge in [0, 0.05) is 11.8 Å². The highest BCUT2D eigenvalue weighted by Gasteiger charge is 2.39. The van der Waals surface area contributed by atoms with Crippen molar-refractivity contribution in [3.63, 3.8) is 0 Å². The van der Waals surface area contributed by atoms with E-state index >= 15 is 0 Å². The van der Waals surface area contributed by atoms with Gasteiger partial charge in [0.2, 0.25) is 0 Å². The highest BCUT2D eigenvalue weighted by molar-refractivity contribution is 5.75. The average Bonchev–Trinajstić information content (AvgIpc) is 3.35. The first-order valence-corrected chi connectivity index (χ1v) is 10.3. The van der Waals surface area contributed by atoms with E-state index in [-0.39, 0.29) is 0 Å². The Morgan fingerprint density at radius 3 is 2.67 bits per heavy atom. The molecule has 0 amide bonds. The van der Waals surface area contributed by atoms with E-state index in [1.165, 1.54) is 37.7 Å². The van der Waals surface area contributed by atoms with Crippen LogP contribution in [0.3, 0.4) is 0 Å². The second-order valence-electron chi connectivity index (χ2n) is 8.16. The third-order valence-corrected chi connectivity index (χ3v) is 6.45. The van der Waals surface area contributed by atoms with E-state index in [9.17, 15) is 0 Å². The number of allylic oxidation sites excluding steroid dienone is 5. The zero-order valence-electron chi connectivity index (χ0n) is 16.3. The molecule has 2 aliphatic carbocycles. The third kappa shape index (κ3) is 4.13. The van der Waals surface area contributed by atoms with Crippen molar-refractivity contribution < 1.29 is 0 Å². The molecule has 0 radical (unpaired) electrons. The number of aromatic nitrogens is 1. The van der Waals surface area contributed by atoms with E-state index in [0.717, 1.165) is 40.1 Å². The SMILES string of the molecule is C=C(/C=C\C(=C/C)CC1CC2CCC1C2)c1ccnc(-c2ccccc2)c1. The Kier molecular flexibility index (Phi) is 5.38. The fourth-order valence-electron chi connectivity index (χ4n) is 4.91. The summed E-state index contributed by atoms with van der Waals surface area (Å²) in [4.78, 5) is 4.52. The molecule has 27 heavy (non-hydrogen) atoms. The molecule has 1 heterocycles. The topological polar surface area (TPSA) is 12.9 Å². The van der Waals surface area contributed by atoms with Crippen LogP contribution in [0, 0.1) is 17.8 Å². The first kappa shape index (κ1) is 18.0. The molecule has 3 atom stereocenters. The van der Waals surface area contributed by atoms with Crippen LogP contribution in [-0.2, 0) is 0 Å². The zero-order valence-corrected chi connectivity index (χ0v) is 16.3. The zero-order chi connectivity index (χ0) is 18.6. The average molecular weight is 356 g/mol. The molecule has 2 saturated carbocycles. The second kappa shape index (κ2) is 8.08. The molecule has 1 aromatic carbocycles. The standard InChI is InChI=1S/C26H29N/c1-3-20(15-25-17-21-11-12-24(25)16-21)10-9-19(2)23-13-14-27-26(18-23)22-7-5-4-6-8-22/h3-10,13-14,18,21,24-25H,2,11-12,15-17H2,1H3/b10-9-,20-3+. The summed E-state index contributed by atoms with van der Waals surface area (Å²) in [5.41, 5.74) is 5.76. The Morgan fingerprint density at radius 1 is 1.11 bits per heavy atom. The monoisotopic (exact) mass is 355 g/mol. The summed E-state index contributed by atoms with van der Waals surface area (Å²) in [6.07, 6.45) is 15.7. The predicted molar refractivity (Wildman–Crippen MR) is 115 cm³/mol. The number of pyridine rings is 1. The van der Waals surface area contributed by atoms with Gasteiger partial charge in [-0.05, 0) is 73.6 Å². The van der Waals surface area contributed by atoms with Crippen molar-refractivity contribution in [3.05, 3.63) is 84.6 Å². The molecule has 2 aromatic rings. The second-order valence-corrected chi connectivity index (χ2v) is 8.16. The molecule has 2 fully saturated rings. The number of rotatable bonds is 6. The molecule has 1 nitrogen and oxygen atoms in total. The maximum atomic E-state index is 4.52. The molecular formula is C26H29N. The van der Waals surface area contributed by atoms with Crippen LogP contribution in [0.1, 0.15) is 44.6 Å². The lowest BCUT2D eigenvalue weighted by molar-refractivity contribution is 0.332. The van der Waals surface area contributed by atoms with Gasteiger partial charge in [-0.2, -0.15) is 0 Å². The van der Waals surface area contributed by atoms with Crippen LogP contribution >= 0.6 is 0 Å². The van der Waals surface area contributed by atoms with E-state index < -0.39 is 0 Å². The first-order chi connectivity index (χ1) is 13.2. The minimum Gasteiger partial charge on any atom is -0.256 e. The fraction of sp³-hybridized carbons (Fsp3) is 0.346. The van der Waals surface area contributed by atoms with E-state index in [4.69, 9.17) is 0 Å². The highest BCUT2D eigenvalue weighted by atomic mass is 14.7. The number of nitrogens with zero attached hydrogens (tertiary/aromatic N) is 1. The van der Waals surface area contributed by atoms with Gasteiger partial charge in [-0.15, -0.1) is 0 Å². The van der Waals surface area contributed by atoms with Gasteiger partial charge in [0.1, 0.15) is 0 Å². The minimum atomic E-state index is 0.901. The lowest BCUT2D eigenvalue weighted by Gasteiger charge is -2.22. The maximum absolute atomic E-state index is 4.52. The van der Waals surface area contributed by atoms with E-state index in [1.54, 1.807) is 0 Å². The lowest BCUT2D eigenvalue weighted by atomic mass is 9.84. The van der Waals surface area contributed by atoms with Crippen molar-refractivity contribution in [2.45, 2.75) is 39.0 Å². The smallest absolute Gasteiger partial charge is 0.0708 e. The lowest BCUT2D eigenvalue weighted by Crippen LogP contribution is -2.10. The largest absolute Gasteiger partial charge is 0.256 e. The van der Waals surface area contributed by atoms with Crippen LogP contribution in [0.25, 0.3) is 16.8 Å². The summed E-state index contributed by atoms with van der Waals surface area (Å²) >= 11 is 0. The quantitative estimate of drug-likeness (QED) is 0.504. The molecule has 0 saturated heterocycles. The van der Waals surface area contributed by atoms with Crippen molar-refractivity contribution in [2.24, 2.45) is 17.8 Å². The summed E-state index contributed by atoms with van der Waals surface area (Å²) in [5, 5.41) is 0. The van der Waals surface area contributed by atoms with Crippen LogP contribution < -0.4 is 0 Å². The number of fused-ring (bicyclic) bond motifs is 2. The Bertz CT molecular complexity index is 859. The molecule has 1 aromatic heterocycles. The van der Waals surface area contributed by atoms with Crippen LogP contribution in [0.5, 0.6) is 0 Å². The van der Waals surface area contributed by atoms with Crippen LogP contribution in [0.2, 0.25) is 0 Å². The normalized spacial score (nSPS) is 24.6. The summed E-state index contributed by atoms with van der Waals surface area (Å²) in [6.45, 7) is 6.46. The predicted octanol–water partition coefficient (Wildman–Crippen LogP) is 7.09. The van der Waals surface area contributed by atoms with Gasteiger partial charge in [-0.1, -0.05) is 67.1 Å². The van der Waals surface area contributed by atoms with Gasteiger partial charge in [0.25, 0.3) is 0 Å². The molecule has 4 rings (SSSR count). The Balaban J connectivity index is 1.43. The molecule has 3 unspecified atom stereocenters. The van der Waals surface area contributed by atoms with Gasteiger partial charge < -0.3 is 0 Å². The number of hydrogen-bond donors (Lipinski definition) is 0. The molecule has 138 valence electrons. The van der Waals surface area contributed by atoms with Crippen molar-refractivity contribution in [1.29, 1.82) is 0 Å². The first-order valence-electron chi connectivity index (χ1n) is 10.3. The van der Waals surface area contributed by atoms with Crippen LogP contribution in [0.4, 0.5) is 0 Å². The molecule has 2 bridgehead atoms. The Morgan fingerprint density at radius 2 is 1.96 bits per heavy atom. The molecule has 2 aliphatic rings. The van der Waals surface area contributed by atoms with Crippen molar-refractivity contribution in [2.75, 3.05) is 0 Å². The molecule has 1 heteroatoms.